The molecular formula is C14H25NO4. The van der Waals surface area contributed by atoms with E-state index in [2.05, 4.69) is 0 Å². The van der Waals surface area contributed by atoms with Crippen LogP contribution in [0.1, 0.15) is 48.0 Å². The van der Waals surface area contributed by atoms with Gasteiger partial charge in [0.15, 0.2) is 5.54 Å². The number of likely N-dealkylation sites (tertiary alicyclic amines) is 1. The van der Waals surface area contributed by atoms with Crippen LogP contribution < -0.4 is 0 Å². The second kappa shape index (κ2) is 4.39. The van der Waals surface area contributed by atoms with Gasteiger partial charge in [0.1, 0.15) is 0 Å². The van der Waals surface area contributed by atoms with E-state index in [-0.39, 0.29) is 17.9 Å². The second-order valence-corrected chi connectivity index (χ2v) is 7.46. The molecule has 1 rings (SSSR count). The molecule has 2 atom stereocenters. The fourth-order valence-corrected chi connectivity index (χ4v) is 3.65. The number of hydrogen-bond acceptors (Lipinski definition) is 2. The lowest BCUT2D eigenvalue weighted by molar-refractivity contribution is -0.163. The lowest BCUT2D eigenvalue weighted by atomic mass is 9.59. The molecule has 1 saturated heterocycles. The maximum absolute atomic E-state index is 12.0. The summed E-state index contributed by atoms with van der Waals surface area (Å²) in [6.45, 7) is 11.6. The highest BCUT2D eigenvalue weighted by molar-refractivity contribution is 5.86. The van der Waals surface area contributed by atoms with Gasteiger partial charge in [-0.1, -0.05) is 41.5 Å². The van der Waals surface area contributed by atoms with Crippen LogP contribution in [0.15, 0.2) is 0 Å². The Morgan fingerprint density at radius 2 is 1.58 bits per heavy atom. The van der Waals surface area contributed by atoms with E-state index in [0.717, 1.165) is 4.90 Å². The summed E-state index contributed by atoms with van der Waals surface area (Å²) in [4.78, 5) is 24.7. The topological polar surface area (TPSA) is 77.8 Å². The first kappa shape index (κ1) is 15.8. The predicted molar refractivity (Wildman–Crippen MR) is 72.1 cm³/mol. The third kappa shape index (κ3) is 2.19. The van der Waals surface area contributed by atoms with Crippen LogP contribution >= 0.6 is 0 Å². The standard InChI is InChI=1S/C14H25NO4/c1-12(2,3)9-7-8-15(11(18)19)14(9,10(16)17)13(4,5)6/h9H,7-8H2,1-6H3,(H,16,17)(H,18,19)/t9?,14-/m1/s1. The van der Waals surface area contributed by atoms with Gasteiger partial charge in [-0.05, 0) is 17.3 Å². The normalized spacial score (nSPS) is 28.5. The third-order valence-corrected chi connectivity index (χ3v) is 4.32. The van der Waals surface area contributed by atoms with Crippen LogP contribution in [0.3, 0.4) is 0 Å². The average molecular weight is 271 g/mol. The molecule has 0 saturated carbocycles. The summed E-state index contributed by atoms with van der Waals surface area (Å²) in [6.07, 6.45) is -0.566. The zero-order chi connectivity index (χ0) is 15.2. The molecule has 2 N–H and O–H groups in total. The van der Waals surface area contributed by atoms with E-state index in [1.807, 2.05) is 20.8 Å². The fraction of sp³-hybridized carbons (Fsp3) is 0.857. The van der Waals surface area contributed by atoms with Gasteiger partial charge in [-0.25, -0.2) is 9.59 Å². The average Bonchev–Trinajstić information content (AvgIpc) is 2.55. The molecule has 0 aromatic carbocycles. The first-order valence-electron chi connectivity index (χ1n) is 6.60. The van der Waals surface area contributed by atoms with E-state index in [0.29, 0.717) is 6.42 Å². The van der Waals surface area contributed by atoms with Gasteiger partial charge >= 0.3 is 12.1 Å². The first-order chi connectivity index (χ1) is 8.36. The molecule has 110 valence electrons. The molecule has 0 radical (unpaired) electrons. The number of carboxylic acids is 1. The van der Waals surface area contributed by atoms with E-state index in [1.165, 1.54) is 0 Å². The van der Waals surface area contributed by atoms with E-state index >= 15 is 0 Å². The number of carboxylic acid groups (broad SMARTS) is 2. The Hall–Kier alpha value is -1.26. The monoisotopic (exact) mass is 271 g/mol. The molecular weight excluding hydrogens is 246 g/mol. The van der Waals surface area contributed by atoms with Crippen LogP contribution in [-0.2, 0) is 4.79 Å². The summed E-state index contributed by atoms with van der Waals surface area (Å²) in [5, 5.41) is 19.3. The highest BCUT2D eigenvalue weighted by Gasteiger charge is 2.65. The van der Waals surface area contributed by atoms with Gasteiger partial charge in [0.25, 0.3) is 0 Å². The minimum Gasteiger partial charge on any atom is -0.479 e. The summed E-state index contributed by atoms with van der Waals surface area (Å²) >= 11 is 0. The van der Waals surface area contributed by atoms with Crippen LogP contribution in [-0.4, -0.2) is 39.3 Å². The summed E-state index contributed by atoms with van der Waals surface area (Å²) in [5.41, 5.74) is -2.32. The number of aliphatic carboxylic acids is 1. The van der Waals surface area contributed by atoms with Crippen LogP contribution in [0, 0.1) is 16.7 Å². The van der Waals surface area contributed by atoms with Crippen molar-refractivity contribution in [3.05, 3.63) is 0 Å². The van der Waals surface area contributed by atoms with E-state index in [9.17, 15) is 19.8 Å². The smallest absolute Gasteiger partial charge is 0.408 e. The third-order valence-electron chi connectivity index (χ3n) is 4.32. The van der Waals surface area contributed by atoms with Gasteiger partial charge in [0.05, 0.1) is 0 Å². The summed E-state index contributed by atoms with van der Waals surface area (Å²) in [7, 11) is 0. The summed E-state index contributed by atoms with van der Waals surface area (Å²) < 4.78 is 0. The van der Waals surface area contributed by atoms with Crippen molar-refractivity contribution >= 4 is 12.1 Å². The van der Waals surface area contributed by atoms with Gasteiger partial charge in [0, 0.05) is 12.5 Å². The quantitative estimate of drug-likeness (QED) is 0.768. The van der Waals surface area contributed by atoms with Gasteiger partial charge in [0.2, 0.25) is 0 Å². The fourth-order valence-electron chi connectivity index (χ4n) is 3.65. The van der Waals surface area contributed by atoms with Crippen molar-refractivity contribution in [2.75, 3.05) is 6.54 Å². The van der Waals surface area contributed by atoms with E-state index in [1.54, 1.807) is 20.8 Å². The Balaban J connectivity index is 3.54. The molecule has 5 heteroatoms. The van der Waals surface area contributed by atoms with Gasteiger partial charge in [-0.2, -0.15) is 0 Å². The molecule has 0 bridgehead atoms. The molecule has 1 aliphatic rings. The maximum atomic E-state index is 12.0. The number of hydrogen-bond donors (Lipinski definition) is 2. The SMILES string of the molecule is CC(C)(C)C1CCN(C(=O)O)[C@]1(C(=O)O)C(C)(C)C. The Labute approximate surface area is 114 Å². The lowest BCUT2D eigenvalue weighted by Crippen LogP contribution is -2.65. The molecule has 1 amide bonds. The number of carbonyl (C=O) groups is 2. The zero-order valence-corrected chi connectivity index (χ0v) is 12.6. The number of rotatable bonds is 1. The van der Waals surface area contributed by atoms with Gasteiger partial charge < -0.3 is 10.2 Å². The molecule has 0 aromatic rings. The molecule has 0 aromatic heterocycles. The highest BCUT2D eigenvalue weighted by atomic mass is 16.4. The minimum absolute atomic E-state index is 0.214. The predicted octanol–water partition coefficient (Wildman–Crippen LogP) is 2.90. The lowest BCUT2D eigenvalue weighted by Gasteiger charge is -2.50. The zero-order valence-electron chi connectivity index (χ0n) is 12.6. The maximum Gasteiger partial charge on any atom is 0.408 e. The largest absolute Gasteiger partial charge is 0.479 e. The molecule has 0 aliphatic carbocycles. The molecule has 1 heterocycles. The summed E-state index contributed by atoms with van der Waals surface area (Å²) in [6, 6.07) is 0. The van der Waals surface area contributed by atoms with E-state index in [4.69, 9.17) is 0 Å². The van der Waals surface area contributed by atoms with Crippen molar-refractivity contribution in [1.82, 2.24) is 4.90 Å². The molecule has 1 aliphatic heterocycles. The van der Waals surface area contributed by atoms with Crippen molar-refractivity contribution in [1.29, 1.82) is 0 Å². The molecule has 1 unspecified atom stereocenters. The Bertz CT molecular complexity index is 391. The van der Waals surface area contributed by atoms with Gasteiger partial charge in [-0.15, -0.1) is 0 Å². The van der Waals surface area contributed by atoms with Crippen molar-refractivity contribution in [3.8, 4) is 0 Å². The Kier molecular flexibility index (Phi) is 3.65. The van der Waals surface area contributed by atoms with Crippen LogP contribution in [0.5, 0.6) is 0 Å². The molecule has 0 spiro atoms. The second-order valence-electron chi connectivity index (χ2n) is 7.46. The Morgan fingerprint density at radius 1 is 1.11 bits per heavy atom. The van der Waals surface area contributed by atoms with Crippen molar-refractivity contribution < 1.29 is 19.8 Å². The molecule has 1 fully saturated rings. The summed E-state index contributed by atoms with van der Waals surface area (Å²) in [5.74, 6) is -1.26. The van der Waals surface area contributed by atoms with Crippen molar-refractivity contribution in [3.63, 3.8) is 0 Å². The number of nitrogens with zero attached hydrogens (tertiary/aromatic N) is 1. The first-order valence-corrected chi connectivity index (χ1v) is 6.60. The Morgan fingerprint density at radius 3 is 1.84 bits per heavy atom. The van der Waals surface area contributed by atoms with Gasteiger partial charge in [-0.3, -0.25) is 4.90 Å². The van der Waals surface area contributed by atoms with Crippen molar-refractivity contribution in [2.24, 2.45) is 16.7 Å². The highest BCUT2D eigenvalue weighted by Crippen LogP contribution is 2.53. The van der Waals surface area contributed by atoms with Crippen molar-refractivity contribution in [2.45, 2.75) is 53.5 Å². The van der Waals surface area contributed by atoms with Crippen LogP contribution in [0.2, 0.25) is 0 Å². The molecule has 19 heavy (non-hydrogen) atoms. The van der Waals surface area contributed by atoms with Crippen LogP contribution in [0.4, 0.5) is 4.79 Å². The number of amides is 1. The minimum atomic E-state index is -1.38. The van der Waals surface area contributed by atoms with Crippen LogP contribution in [0.25, 0.3) is 0 Å². The molecule has 5 nitrogen and oxygen atoms in total. The van der Waals surface area contributed by atoms with E-state index < -0.39 is 23.0 Å².